The van der Waals surface area contributed by atoms with Crippen molar-refractivity contribution in [3.8, 4) is 0 Å². The SMILES string of the molecule is O=C(CCn1nc2ccccn2c1=O)N1CCCC(N2CCCCC2)C1. The number of piperidine rings is 2. The summed E-state index contributed by atoms with van der Waals surface area (Å²) in [6.07, 6.45) is 8.19. The third kappa shape index (κ3) is 3.53. The molecule has 2 fully saturated rings. The normalized spacial score (nSPS) is 22.0. The van der Waals surface area contributed by atoms with Gasteiger partial charge in [0, 0.05) is 31.7 Å². The van der Waals surface area contributed by atoms with Crippen LogP contribution in [0.2, 0.25) is 0 Å². The number of fused-ring (bicyclic) bond motifs is 1. The first-order valence-electron chi connectivity index (χ1n) is 9.78. The zero-order valence-corrected chi connectivity index (χ0v) is 15.2. The molecule has 1 amide bonds. The second-order valence-corrected chi connectivity index (χ2v) is 7.42. The number of nitrogens with zero attached hydrogens (tertiary/aromatic N) is 5. The monoisotopic (exact) mass is 357 g/mol. The van der Waals surface area contributed by atoms with Gasteiger partial charge in [0.25, 0.3) is 0 Å². The highest BCUT2D eigenvalue weighted by molar-refractivity contribution is 5.76. The molecule has 2 aliphatic heterocycles. The van der Waals surface area contributed by atoms with Crippen LogP contribution in [0.1, 0.15) is 38.5 Å². The van der Waals surface area contributed by atoms with Crippen LogP contribution in [0.4, 0.5) is 0 Å². The fourth-order valence-electron chi connectivity index (χ4n) is 4.24. The molecule has 0 aliphatic carbocycles. The van der Waals surface area contributed by atoms with Crippen LogP contribution in [0, 0.1) is 0 Å². The minimum Gasteiger partial charge on any atom is -0.341 e. The van der Waals surface area contributed by atoms with Gasteiger partial charge in [-0.15, -0.1) is 5.10 Å². The maximum Gasteiger partial charge on any atom is 0.350 e. The minimum absolute atomic E-state index is 0.135. The van der Waals surface area contributed by atoms with Crippen LogP contribution in [0.15, 0.2) is 29.2 Å². The molecule has 2 aromatic rings. The smallest absolute Gasteiger partial charge is 0.341 e. The number of aryl methyl sites for hydroxylation is 1. The summed E-state index contributed by atoms with van der Waals surface area (Å²) >= 11 is 0. The maximum atomic E-state index is 12.7. The van der Waals surface area contributed by atoms with Crippen molar-refractivity contribution in [2.45, 2.75) is 51.1 Å². The van der Waals surface area contributed by atoms with Crippen molar-refractivity contribution in [1.82, 2.24) is 24.0 Å². The number of hydrogen-bond donors (Lipinski definition) is 0. The molecule has 0 aromatic carbocycles. The Bertz CT molecular complexity index is 821. The van der Waals surface area contributed by atoms with Gasteiger partial charge in [0.1, 0.15) is 0 Å². The lowest BCUT2D eigenvalue weighted by Crippen LogP contribution is -2.51. The van der Waals surface area contributed by atoms with Crippen LogP contribution in [-0.4, -0.2) is 62.1 Å². The number of carbonyl (C=O) groups excluding carboxylic acids is 1. The van der Waals surface area contributed by atoms with E-state index in [0.717, 1.165) is 19.5 Å². The molecule has 1 unspecified atom stereocenters. The molecule has 0 saturated carbocycles. The van der Waals surface area contributed by atoms with E-state index in [1.54, 1.807) is 18.3 Å². The standard InChI is InChI=1S/C19H27N5O2/c25-18(9-14-24-19(26)23-13-5-2-8-17(23)20-24)22-12-6-7-16(15-22)21-10-3-1-4-11-21/h2,5,8,13,16H,1,3-4,6-7,9-12,14-15H2. The summed E-state index contributed by atoms with van der Waals surface area (Å²) in [6, 6.07) is 5.96. The Labute approximate surface area is 153 Å². The van der Waals surface area contributed by atoms with E-state index in [4.69, 9.17) is 0 Å². The Balaban J connectivity index is 1.36. The number of likely N-dealkylation sites (tertiary alicyclic amines) is 2. The van der Waals surface area contributed by atoms with Crippen LogP contribution < -0.4 is 5.69 Å². The molecular weight excluding hydrogens is 330 g/mol. The third-order valence-electron chi connectivity index (χ3n) is 5.68. The molecule has 7 nitrogen and oxygen atoms in total. The maximum absolute atomic E-state index is 12.7. The second-order valence-electron chi connectivity index (χ2n) is 7.42. The van der Waals surface area contributed by atoms with Gasteiger partial charge in [0.2, 0.25) is 5.91 Å². The van der Waals surface area contributed by atoms with Crippen molar-refractivity contribution in [1.29, 1.82) is 0 Å². The number of hydrogen-bond acceptors (Lipinski definition) is 4. The fraction of sp³-hybridized carbons (Fsp3) is 0.632. The number of pyridine rings is 1. The molecule has 0 N–H and O–H groups in total. The van der Waals surface area contributed by atoms with E-state index in [2.05, 4.69) is 10.00 Å². The van der Waals surface area contributed by atoms with Crippen LogP contribution in [0.3, 0.4) is 0 Å². The van der Waals surface area contributed by atoms with E-state index in [1.165, 1.54) is 47.9 Å². The quantitative estimate of drug-likeness (QED) is 0.829. The van der Waals surface area contributed by atoms with E-state index >= 15 is 0 Å². The zero-order chi connectivity index (χ0) is 17.9. The van der Waals surface area contributed by atoms with Crippen molar-refractivity contribution in [3.63, 3.8) is 0 Å². The predicted molar refractivity (Wildman–Crippen MR) is 99.1 cm³/mol. The lowest BCUT2D eigenvalue weighted by Gasteiger charge is -2.41. The third-order valence-corrected chi connectivity index (χ3v) is 5.68. The molecule has 140 valence electrons. The van der Waals surface area contributed by atoms with Gasteiger partial charge in [0.15, 0.2) is 5.65 Å². The highest BCUT2D eigenvalue weighted by atomic mass is 16.2. The second kappa shape index (κ2) is 7.61. The first kappa shape index (κ1) is 17.3. The van der Waals surface area contributed by atoms with Crippen molar-refractivity contribution in [3.05, 3.63) is 34.9 Å². The van der Waals surface area contributed by atoms with Crippen molar-refractivity contribution in [2.75, 3.05) is 26.2 Å². The van der Waals surface area contributed by atoms with Gasteiger partial charge in [-0.1, -0.05) is 12.5 Å². The molecule has 2 aromatic heterocycles. The average molecular weight is 357 g/mol. The summed E-state index contributed by atoms with van der Waals surface area (Å²) in [5.41, 5.74) is 0.436. The van der Waals surface area contributed by atoms with Gasteiger partial charge >= 0.3 is 5.69 Å². The number of aromatic nitrogens is 3. The van der Waals surface area contributed by atoms with Gasteiger partial charge in [-0.2, -0.15) is 0 Å². The van der Waals surface area contributed by atoms with Crippen molar-refractivity contribution < 1.29 is 4.79 Å². The van der Waals surface area contributed by atoms with Gasteiger partial charge in [-0.3, -0.25) is 14.1 Å². The molecule has 26 heavy (non-hydrogen) atoms. The van der Waals surface area contributed by atoms with E-state index in [-0.39, 0.29) is 11.6 Å². The highest BCUT2D eigenvalue weighted by Crippen LogP contribution is 2.20. The molecule has 0 spiro atoms. The lowest BCUT2D eigenvalue weighted by atomic mass is 10.0. The highest BCUT2D eigenvalue weighted by Gasteiger charge is 2.28. The summed E-state index contributed by atoms with van der Waals surface area (Å²) < 4.78 is 2.91. The van der Waals surface area contributed by atoms with Crippen LogP contribution >= 0.6 is 0 Å². The number of rotatable bonds is 4. The Kier molecular flexibility index (Phi) is 5.06. The van der Waals surface area contributed by atoms with Crippen LogP contribution in [-0.2, 0) is 11.3 Å². The fourth-order valence-corrected chi connectivity index (χ4v) is 4.24. The molecule has 0 bridgehead atoms. The average Bonchev–Trinajstić information content (AvgIpc) is 3.03. The summed E-state index contributed by atoms with van der Waals surface area (Å²) in [6.45, 7) is 4.35. The first-order chi connectivity index (χ1) is 12.7. The molecule has 7 heteroatoms. The topological polar surface area (TPSA) is 62.9 Å². The Hall–Kier alpha value is -2.15. The Morgan fingerprint density at radius 1 is 1.12 bits per heavy atom. The van der Waals surface area contributed by atoms with Gasteiger partial charge in [-0.05, 0) is 50.9 Å². The summed E-state index contributed by atoms with van der Waals surface area (Å²) in [5, 5.41) is 4.31. The van der Waals surface area contributed by atoms with Gasteiger partial charge < -0.3 is 4.90 Å². The van der Waals surface area contributed by atoms with Crippen LogP contribution in [0.5, 0.6) is 0 Å². The van der Waals surface area contributed by atoms with E-state index in [9.17, 15) is 9.59 Å². The Morgan fingerprint density at radius 3 is 2.77 bits per heavy atom. The molecule has 4 heterocycles. The minimum atomic E-state index is -0.182. The largest absolute Gasteiger partial charge is 0.350 e. The lowest BCUT2D eigenvalue weighted by molar-refractivity contribution is -0.133. The van der Waals surface area contributed by atoms with E-state index < -0.39 is 0 Å². The van der Waals surface area contributed by atoms with Gasteiger partial charge in [-0.25, -0.2) is 9.48 Å². The van der Waals surface area contributed by atoms with Crippen molar-refractivity contribution in [2.24, 2.45) is 0 Å². The molecule has 2 saturated heterocycles. The van der Waals surface area contributed by atoms with Gasteiger partial charge in [0.05, 0.1) is 6.54 Å². The number of carbonyl (C=O) groups is 1. The molecule has 1 atom stereocenters. The van der Waals surface area contributed by atoms with Crippen molar-refractivity contribution >= 4 is 11.6 Å². The molecule has 2 aliphatic rings. The molecular formula is C19H27N5O2. The Morgan fingerprint density at radius 2 is 1.96 bits per heavy atom. The molecule has 0 radical (unpaired) electrons. The summed E-state index contributed by atoms with van der Waals surface area (Å²) in [5.74, 6) is 0.135. The summed E-state index contributed by atoms with van der Waals surface area (Å²) in [7, 11) is 0. The van der Waals surface area contributed by atoms with E-state index in [0.29, 0.717) is 24.7 Å². The van der Waals surface area contributed by atoms with Crippen LogP contribution in [0.25, 0.3) is 5.65 Å². The predicted octanol–water partition coefficient (Wildman–Crippen LogP) is 1.36. The summed E-state index contributed by atoms with van der Waals surface area (Å²) in [4.78, 5) is 29.5. The number of amides is 1. The zero-order valence-electron chi connectivity index (χ0n) is 15.2. The first-order valence-corrected chi connectivity index (χ1v) is 9.78. The van der Waals surface area contributed by atoms with E-state index in [1.807, 2.05) is 11.0 Å². The molecule has 4 rings (SSSR count).